The molecule has 0 N–H and O–H groups in total. The highest BCUT2D eigenvalue weighted by Crippen LogP contribution is 2.28. The molecule has 0 aliphatic heterocycles. The molecule has 2 rings (SSSR count). The summed E-state index contributed by atoms with van der Waals surface area (Å²) in [5.74, 6) is 0.758. The van der Waals surface area contributed by atoms with Gasteiger partial charge in [0.1, 0.15) is 10.9 Å². The van der Waals surface area contributed by atoms with Crippen molar-refractivity contribution in [2.24, 2.45) is 0 Å². The molecule has 3 nitrogen and oxygen atoms in total. The molecule has 0 saturated carbocycles. The van der Waals surface area contributed by atoms with Gasteiger partial charge in [-0.25, -0.2) is 9.97 Å². The lowest BCUT2D eigenvalue weighted by molar-refractivity contribution is 0.412. The minimum absolute atomic E-state index is 0.137. The molecule has 1 heterocycles. The lowest BCUT2D eigenvalue weighted by atomic mass is 10.1. The second kappa shape index (κ2) is 3.83. The van der Waals surface area contributed by atoms with Gasteiger partial charge in [0.2, 0.25) is 5.28 Å². The largest absolute Gasteiger partial charge is 0.496 e. The van der Waals surface area contributed by atoms with Gasteiger partial charge in [0.05, 0.1) is 12.6 Å². The van der Waals surface area contributed by atoms with Crippen molar-refractivity contribution in [3.63, 3.8) is 0 Å². The number of nitrogens with zero attached hydrogens (tertiary/aromatic N) is 2. The van der Waals surface area contributed by atoms with Crippen LogP contribution in [0.5, 0.6) is 5.75 Å². The summed E-state index contributed by atoms with van der Waals surface area (Å²) in [4.78, 5) is 7.95. The fourth-order valence-electron chi connectivity index (χ4n) is 1.42. The number of aryl methyl sites for hydroxylation is 1. The van der Waals surface area contributed by atoms with E-state index in [1.807, 2.05) is 13.0 Å². The Hall–Kier alpha value is -1.06. The molecular formula is C10H8Cl2N2O. The van der Waals surface area contributed by atoms with Gasteiger partial charge in [0.25, 0.3) is 0 Å². The predicted octanol–water partition coefficient (Wildman–Crippen LogP) is 3.25. The van der Waals surface area contributed by atoms with E-state index in [1.54, 1.807) is 13.2 Å². The Bertz CT molecular complexity index is 528. The van der Waals surface area contributed by atoms with Crippen molar-refractivity contribution in [1.29, 1.82) is 0 Å². The summed E-state index contributed by atoms with van der Waals surface area (Å²) in [6.07, 6.45) is 0. The first-order valence-electron chi connectivity index (χ1n) is 4.29. The second-order valence-electron chi connectivity index (χ2n) is 3.12. The Morgan fingerprint density at radius 2 is 1.93 bits per heavy atom. The van der Waals surface area contributed by atoms with Gasteiger partial charge < -0.3 is 4.74 Å². The number of benzene rings is 1. The van der Waals surface area contributed by atoms with Gasteiger partial charge in [-0.15, -0.1) is 0 Å². The first-order chi connectivity index (χ1) is 7.11. The van der Waals surface area contributed by atoms with E-state index in [4.69, 9.17) is 27.9 Å². The highest BCUT2D eigenvalue weighted by Gasteiger charge is 2.08. The fraction of sp³-hybridized carbons (Fsp3) is 0.200. The minimum atomic E-state index is 0.137. The van der Waals surface area contributed by atoms with Gasteiger partial charge in [-0.2, -0.15) is 0 Å². The Labute approximate surface area is 97.0 Å². The molecule has 0 aliphatic carbocycles. The van der Waals surface area contributed by atoms with E-state index in [0.717, 1.165) is 16.7 Å². The quantitative estimate of drug-likeness (QED) is 0.569. The SMILES string of the molecule is COc1cc2nc(Cl)nc(Cl)c2cc1C. The number of hydrogen-bond acceptors (Lipinski definition) is 3. The first kappa shape index (κ1) is 10.5. The normalized spacial score (nSPS) is 10.7. The van der Waals surface area contributed by atoms with Crippen molar-refractivity contribution in [2.45, 2.75) is 6.92 Å². The summed E-state index contributed by atoms with van der Waals surface area (Å²) < 4.78 is 5.19. The van der Waals surface area contributed by atoms with Crippen LogP contribution in [0.2, 0.25) is 10.4 Å². The highest BCUT2D eigenvalue weighted by molar-refractivity contribution is 6.35. The summed E-state index contributed by atoms with van der Waals surface area (Å²) in [5, 5.41) is 1.27. The van der Waals surface area contributed by atoms with Gasteiger partial charge in [0, 0.05) is 11.5 Å². The molecule has 0 radical (unpaired) electrons. The van der Waals surface area contributed by atoms with Crippen LogP contribution in [0.15, 0.2) is 12.1 Å². The summed E-state index contributed by atoms with van der Waals surface area (Å²) in [6, 6.07) is 3.68. The average Bonchev–Trinajstić information content (AvgIpc) is 2.18. The van der Waals surface area contributed by atoms with E-state index < -0.39 is 0 Å². The van der Waals surface area contributed by atoms with Crippen LogP contribution in [0.3, 0.4) is 0 Å². The van der Waals surface area contributed by atoms with Crippen molar-refractivity contribution in [3.05, 3.63) is 28.1 Å². The maximum absolute atomic E-state index is 5.95. The number of hydrogen-bond donors (Lipinski definition) is 0. The fourth-order valence-corrected chi connectivity index (χ4v) is 1.87. The molecule has 0 atom stereocenters. The lowest BCUT2D eigenvalue weighted by Crippen LogP contribution is -1.91. The zero-order valence-electron chi connectivity index (χ0n) is 8.21. The molecule has 0 fully saturated rings. The predicted molar refractivity (Wildman–Crippen MR) is 60.8 cm³/mol. The molecule has 0 amide bonds. The molecule has 0 aliphatic rings. The molecule has 0 spiro atoms. The number of ether oxygens (including phenoxy) is 1. The molecular weight excluding hydrogens is 235 g/mol. The maximum atomic E-state index is 5.95. The van der Waals surface area contributed by atoms with Crippen molar-refractivity contribution in [3.8, 4) is 5.75 Å². The Kier molecular flexibility index (Phi) is 2.67. The van der Waals surface area contributed by atoms with Gasteiger partial charge in [-0.05, 0) is 30.2 Å². The van der Waals surface area contributed by atoms with Crippen molar-refractivity contribution in [1.82, 2.24) is 9.97 Å². The number of fused-ring (bicyclic) bond motifs is 1. The number of halogens is 2. The van der Waals surface area contributed by atoms with E-state index in [-0.39, 0.29) is 5.28 Å². The summed E-state index contributed by atoms with van der Waals surface area (Å²) in [6.45, 7) is 1.93. The topological polar surface area (TPSA) is 35.0 Å². The van der Waals surface area contributed by atoms with Gasteiger partial charge >= 0.3 is 0 Å². The van der Waals surface area contributed by atoms with E-state index in [2.05, 4.69) is 9.97 Å². The molecule has 0 bridgehead atoms. The van der Waals surface area contributed by atoms with E-state index in [9.17, 15) is 0 Å². The molecule has 5 heteroatoms. The van der Waals surface area contributed by atoms with Gasteiger partial charge in [0.15, 0.2) is 0 Å². The number of rotatable bonds is 1. The summed E-state index contributed by atoms with van der Waals surface area (Å²) >= 11 is 11.7. The van der Waals surface area contributed by atoms with Crippen LogP contribution in [0.1, 0.15) is 5.56 Å². The summed E-state index contributed by atoms with van der Waals surface area (Å²) in [7, 11) is 1.61. The van der Waals surface area contributed by atoms with Crippen molar-refractivity contribution in [2.75, 3.05) is 7.11 Å². The Morgan fingerprint density at radius 3 is 2.60 bits per heavy atom. The van der Waals surface area contributed by atoms with Crippen LogP contribution in [-0.4, -0.2) is 17.1 Å². The number of methoxy groups -OCH3 is 1. The molecule has 0 saturated heterocycles. The van der Waals surface area contributed by atoms with Crippen molar-refractivity contribution >= 4 is 34.1 Å². The zero-order valence-corrected chi connectivity index (χ0v) is 9.73. The Balaban J connectivity index is 2.81. The minimum Gasteiger partial charge on any atom is -0.496 e. The molecule has 1 aromatic carbocycles. The van der Waals surface area contributed by atoms with Gasteiger partial charge in [-0.1, -0.05) is 11.6 Å². The van der Waals surface area contributed by atoms with Crippen LogP contribution >= 0.6 is 23.2 Å². The van der Waals surface area contributed by atoms with E-state index in [1.165, 1.54) is 0 Å². The average molecular weight is 243 g/mol. The zero-order chi connectivity index (χ0) is 11.0. The maximum Gasteiger partial charge on any atom is 0.224 e. The van der Waals surface area contributed by atoms with Crippen LogP contribution in [0.4, 0.5) is 0 Å². The van der Waals surface area contributed by atoms with Crippen LogP contribution in [0.25, 0.3) is 10.9 Å². The molecule has 15 heavy (non-hydrogen) atoms. The van der Waals surface area contributed by atoms with E-state index >= 15 is 0 Å². The number of aromatic nitrogens is 2. The third kappa shape index (κ3) is 1.85. The molecule has 2 aromatic rings. The summed E-state index contributed by atoms with van der Waals surface area (Å²) in [5.41, 5.74) is 1.67. The molecule has 78 valence electrons. The van der Waals surface area contributed by atoms with E-state index in [0.29, 0.717) is 10.7 Å². The van der Waals surface area contributed by atoms with Gasteiger partial charge in [-0.3, -0.25) is 0 Å². The third-order valence-electron chi connectivity index (χ3n) is 2.14. The lowest BCUT2D eigenvalue weighted by Gasteiger charge is -2.07. The van der Waals surface area contributed by atoms with Crippen LogP contribution in [-0.2, 0) is 0 Å². The monoisotopic (exact) mass is 242 g/mol. The molecule has 1 aromatic heterocycles. The molecule has 0 unspecified atom stereocenters. The highest BCUT2D eigenvalue weighted by atomic mass is 35.5. The van der Waals surface area contributed by atoms with Crippen LogP contribution in [0, 0.1) is 6.92 Å². The van der Waals surface area contributed by atoms with Crippen LogP contribution < -0.4 is 4.74 Å². The first-order valence-corrected chi connectivity index (χ1v) is 5.05. The Morgan fingerprint density at radius 1 is 1.20 bits per heavy atom. The third-order valence-corrected chi connectivity index (χ3v) is 2.60. The second-order valence-corrected chi connectivity index (χ2v) is 3.82. The smallest absolute Gasteiger partial charge is 0.224 e. The van der Waals surface area contributed by atoms with Crippen molar-refractivity contribution < 1.29 is 4.74 Å². The standard InChI is InChI=1S/C10H8Cl2N2O/c1-5-3-6-7(4-8(5)15-2)13-10(12)14-9(6)11/h3-4H,1-2H3.